The first-order valence-corrected chi connectivity index (χ1v) is 9.05. The second-order valence-electron chi connectivity index (χ2n) is 5.68. The third kappa shape index (κ3) is 3.77. The number of hydrogen-bond donors (Lipinski definition) is 1. The van der Waals surface area contributed by atoms with E-state index in [-0.39, 0.29) is 15.5 Å². The molecule has 0 unspecified atom stereocenters. The Kier molecular flexibility index (Phi) is 5.32. The average Bonchev–Trinajstić information content (AvgIpc) is 2.51. The number of hydrogen-bond acceptors (Lipinski definition) is 3. The van der Waals surface area contributed by atoms with Crippen molar-refractivity contribution in [1.82, 2.24) is 4.31 Å². The minimum atomic E-state index is -3.64. The maximum absolute atomic E-state index is 12.5. The second kappa shape index (κ2) is 6.93. The first-order valence-electron chi connectivity index (χ1n) is 7.23. The molecule has 0 aliphatic heterocycles. The lowest BCUT2D eigenvalue weighted by Gasteiger charge is -2.13. The molecule has 0 saturated heterocycles. The summed E-state index contributed by atoms with van der Waals surface area (Å²) in [5.41, 5.74) is 2.89. The summed E-state index contributed by atoms with van der Waals surface area (Å²) in [7, 11) is -0.782. The van der Waals surface area contributed by atoms with E-state index in [4.69, 9.17) is 11.6 Å². The van der Waals surface area contributed by atoms with Crippen molar-refractivity contribution >= 4 is 33.2 Å². The van der Waals surface area contributed by atoms with Crippen molar-refractivity contribution in [3.63, 3.8) is 0 Å². The molecule has 2 aromatic carbocycles. The Morgan fingerprint density at radius 2 is 1.71 bits per heavy atom. The normalized spacial score (nSPS) is 11.6. The maximum atomic E-state index is 12.5. The minimum Gasteiger partial charge on any atom is -0.322 e. The molecule has 7 heteroatoms. The molecule has 1 N–H and O–H groups in total. The third-order valence-electron chi connectivity index (χ3n) is 3.73. The summed E-state index contributed by atoms with van der Waals surface area (Å²) in [5, 5.41) is 2.93. The average molecular weight is 367 g/mol. The van der Waals surface area contributed by atoms with E-state index in [9.17, 15) is 13.2 Å². The molecule has 1 amide bonds. The fourth-order valence-corrected chi connectivity index (χ4v) is 3.20. The lowest BCUT2D eigenvalue weighted by molar-refractivity contribution is 0.102. The molecule has 0 aromatic heterocycles. The van der Waals surface area contributed by atoms with Crippen LogP contribution in [0.3, 0.4) is 0 Å². The first kappa shape index (κ1) is 18.4. The maximum Gasteiger partial charge on any atom is 0.257 e. The molecule has 0 radical (unpaired) electrons. The lowest BCUT2D eigenvalue weighted by atomic mass is 10.1. The highest BCUT2D eigenvalue weighted by atomic mass is 35.5. The number of aryl methyl sites for hydroxylation is 2. The molecule has 0 heterocycles. The van der Waals surface area contributed by atoms with Crippen LogP contribution in [0.2, 0.25) is 5.02 Å². The van der Waals surface area contributed by atoms with Gasteiger partial charge in [-0.05, 0) is 55.3 Å². The number of halogens is 1. The molecule has 0 saturated carbocycles. The predicted octanol–water partition coefficient (Wildman–Crippen LogP) is 3.46. The van der Waals surface area contributed by atoms with Gasteiger partial charge in [-0.25, -0.2) is 12.7 Å². The van der Waals surface area contributed by atoms with Gasteiger partial charge in [0.15, 0.2) is 0 Å². The molecular weight excluding hydrogens is 348 g/mol. The number of carbonyl (C=O) groups excluding carboxylic acids is 1. The molecule has 2 rings (SSSR count). The molecule has 5 nitrogen and oxygen atoms in total. The summed E-state index contributed by atoms with van der Waals surface area (Å²) in [6, 6.07) is 9.61. The van der Waals surface area contributed by atoms with Crippen molar-refractivity contribution < 1.29 is 13.2 Å². The highest BCUT2D eigenvalue weighted by Gasteiger charge is 2.20. The van der Waals surface area contributed by atoms with Crippen LogP contribution in [0.4, 0.5) is 5.69 Å². The quantitative estimate of drug-likeness (QED) is 0.901. The van der Waals surface area contributed by atoms with Crippen molar-refractivity contribution in [2.75, 3.05) is 19.4 Å². The second-order valence-corrected chi connectivity index (χ2v) is 8.24. The molecule has 0 spiro atoms. The summed E-state index contributed by atoms with van der Waals surface area (Å²) in [6.07, 6.45) is 0. The zero-order valence-corrected chi connectivity index (χ0v) is 15.5. The molecule has 0 atom stereocenters. The number of sulfonamides is 1. The number of nitrogens with zero attached hydrogens (tertiary/aromatic N) is 1. The van der Waals surface area contributed by atoms with Crippen LogP contribution < -0.4 is 5.32 Å². The van der Waals surface area contributed by atoms with Gasteiger partial charge in [-0.2, -0.15) is 0 Å². The Hall–Kier alpha value is -1.89. The van der Waals surface area contributed by atoms with Gasteiger partial charge in [0.1, 0.15) is 0 Å². The van der Waals surface area contributed by atoms with Gasteiger partial charge in [-0.3, -0.25) is 4.79 Å². The number of amides is 1. The fourth-order valence-electron chi connectivity index (χ4n) is 2.07. The van der Waals surface area contributed by atoms with Crippen LogP contribution in [0.1, 0.15) is 21.5 Å². The van der Waals surface area contributed by atoms with E-state index in [2.05, 4.69) is 5.32 Å². The van der Waals surface area contributed by atoms with Gasteiger partial charge in [0.2, 0.25) is 10.0 Å². The van der Waals surface area contributed by atoms with Crippen LogP contribution in [0, 0.1) is 13.8 Å². The van der Waals surface area contributed by atoms with Gasteiger partial charge in [0.05, 0.1) is 15.5 Å². The summed E-state index contributed by atoms with van der Waals surface area (Å²) in [5.74, 6) is -0.459. The van der Waals surface area contributed by atoms with Gasteiger partial charge in [0.25, 0.3) is 5.91 Å². The van der Waals surface area contributed by atoms with Gasteiger partial charge in [0, 0.05) is 19.8 Å². The Morgan fingerprint density at radius 3 is 2.29 bits per heavy atom. The molecule has 24 heavy (non-hydrogen) atoms. The first-order chi connectivity index (χ1) is 11.1. The summed E-state index contributed by atoms with van der Waals surface area (Å²) < 4.78 is 25.5. The molecule has 2 aromatic rings. The number of rotatable bonds is 4. The van der Waals surface area contributed by atoms with Crippen molar-refractivity contribution in [1.29, 1.82) is 0 Å². The lowest BCUT2D eigenvalue weighted by Crippen LogP contribution is -2.23. The Morgan fingerprint density at radius 1 is 1.04 bits per heavy atom. The molecule has 0 fully saturated rings. The van der Waals surface area contributed by atoms with Gasteiger partial charge < -0.3 is 5.32 Å². The van der Waals surface area contributed by atoms with E-state index in [0.29, 0.717) is 5.69 Å². The van der Waals surface area contributed by atoms with Gasteiger partial charge >= 0.3 is 0 Å². The monoisotopic (exact) mass is 366 g/mol. The zero-order chi connectivity index (χ0) is 18.1. The zero-order valence-electron chi connectivity index (χ0n) is 13.9. The van der Waals surface area contributed by atoms with E-state index in [1.807, 2.05) is 26.0 Å². The fraction of sp³-hybridized carbons (Fsp3) is 0.235. The number of carbonyl (C=O) groups is 1. The Bertz CT molecular complexity index is 893. The third-order valence-corrected chi connectivity index (χ3v) is 5.87. The predicted molar refractivity (Wildman–Crippen MR) is 96.2 cm³/mol. The minimum absolute atomic E-state index is 0.0159. The van der Waals surface area contributed by atoms with E-state index >= 15 is 0 Å². The largest absolute Gasteiger partial charge is 0.322 e. The molecule has 0 bridgehead atoms. The summed E-state index contributed by atoms with van der Waals surface area (Å²) >= 11 is 6.07. The Labute approximate surface area is 147 Å². The van der Waals surface area contributed by atoms with E-state index in [1.165, 1.54) is 32.3 Å². The highest BCUT2D eigenvalue weighted by Crippen LogP contribution is 2.23. The highest BCUT2D eigenvalue weighted by molar-refractivity contribution is 7.89. The van der Waals surface area contributed by atoms with Crippen LogP contribution in [-0.4, -0.2) is 32.7 Å². The van der Waals surface area contributed by atoms with Crippen LogP contribution in [0.5, 0.6) is 0 Å². The van der Waals surface area contributed by atoms with E-state index < -0.39 is 15.9 Å². The van der Waals surface area contributed by atoms with Crippen molar-refractivity contribution in [3.05, 3.63) is 58.1 Å². The van der Waals surface area contributed by atoms with Crippen LogP contribution in [0.25, 0.3) is 0 Å². The number of benzene rings is 2. The molecular formula is C17H19ClN2O3S. The Balaban J connectivity index is 2.37. The van der Waals surface area contributed by atoms with Crippen LogP contribution >= 0.6 is 11.6 Å². The number of anilines is 1. The molecule has 128 valence electrons. The van der Waals surface area contributed by atoms with Crippen LogP contribution in [0.15, 0.2) is 41.3 Å². The summed E-state index contributed by atoms with van der Waals surface area (Å²) in [6.45, 7) is 3.93. The standard InChI is InChI=1S/C17H19ClN2O3S/c1-11-5-6-13(9-12(11)2)19-17(21)15-10-14(7-8-16(15)18)24(22,23)20(3)4/h5-10H,1-4H3,(H,19,21). The topological polar surface area (TPSA) is 66.5 Å². The van der Waals surface area contributed by atoms with E-state index in [1.54, 1.807) is 6.07 Å². The van der Waals surface area contributed by atoms with Gasteiger partial charge in [-0.15, -0.1) is 0 Å². The van der Waals surface area contributed by atoms with Crippen molar-refractivity contribution in [3.8, 4) is 0 Å². The summed E-state index contributed by atoms with van der Waals surface area (Å²) in [4.78, 5) is 12.5. The molecule has 0 aliphatic rings. The number of nitrogens with one attached hydrogen (secondary N) is 1. The van der Waals surface area contributed by atoms with Crippen molar-refractivity contribution in [2.45, 2.75) is 18.7 Å². The van der Waals surface area contributed by atoms with Gasteiger partial charge in [-0.1, -0.05) is 17.7 Å². The van der Waals surface area contributed by atoms with Crippen molar-refractivity contribution in [2.24, 2.45) is 0 Å². The SMILES string of the molecule is Cc1ccc(NC(=O)c2cc(S(=O)(=O)N(C)C)ccc2Cl)cc1C. The smallest absolute Gasteiger partial charge is 0.257 e. The molecule has 0 aliphatic carbocycles. The van der Waals surface area contributed by atoms with Crippen LogP contribution in [-0.2, 0) is 10.0 Å². The van der Waals surface area contributed by atoms with E-state index in [0.717, 1.165) is 15.4 Å².